The van der Waals surface area contributed by atoms with Crippen molar-refractivity contribution in [1.82, 2.24) is 10.2 Å². The second-order valence-electron chi connectivity index (χ2n) is 4.80. The molecule has 4 nitrogen and oxygen atoms in total. The van der Waals surface area contributed by atoms with Gasteiger partial charge >= 0.3 is 0 Å². The maximum Gasteiger partial charge on any atom is 0.236 e. The van der Waals surface area contributed by atoms with E-state index in [1.165, 1.54) is 28.7 Å². The number of benzene rings is 2. The van der Waals surface area contributed by atoms with Gasteiger partial charge in [0.1, 0.15) is 0 Å². The number of rotatable bonds is 7. The predicted octanol–water partition coefficient (Wildman–Crippen LogP) is 4.56. The summed E-state index contributed by atoms with van der Waals surface area (Å²) in [6.07, 6.45) is 0. The second-order valence-corrected chi connectivity index (χ2v) is 8.05. The fourth-order valence-corrected chi connectivity index (χ4v) is 4.30. The van der Waals surface area contributed by atoms with Gasteiger partial charge in [-0.25, -0.2) is 0 Å². The van der Waals surface area contributed by atoms with Gasteiger partial charge in [0, 0.05) is 10.6 Å². The highest BCUT2D eigenvalue weighted by atomic mass is 32.2. The van der Waals surface area contributed by atoms with Gasteiger partial charge in [-0.15, -0.1) is 22.0 Å². The van der Waals surface area contributed by atoms with Crippen molar-refractivity contribution in [2.45, 2.75) is 15.0 Å². The molecule has 0 saturated heterocycles. The summed E-state index contributed by atoms with van der Waals surface area (Å²) in [6, 6.07) is 20.1. The number of hydrogen-bond acceptors (Lipinski definition) is 6. The fourth-order valence-electron chi connectivity index (χ4n) is 1.86. The first-order chi connectivity index (χ1) is 11.8. The van der Waals surface area contributed by atoms with Crippen molar-refractivity contribution in [3.8, 4) is 0 Å². The molecule has 0 aliphatic heterocycles. The van der Waals surface area contributed by atoms with Crippen molar-refractivity contribution in [3.05, 3.63) is 66.2 Å². The van der Waals surface area contributed by atoms with Crippen molar-refractivity contribution < 1.29 is 4.79 Å². The summed E-state index contributed by atoms with van der Waals surface area (Å²) in [5, 5.41) is 11.5. The number of amides is 1. The maximum atomic E-state index is 12.0. The molecule has 1 heterocycles. The molecule has 0 spiro atoms. The summed E-state index contributed by atoms with van der Waals surface area (Å²) in [5.74, 6) is 1.13. The third-order valence-electron chi connectivity index (χ3n) is 2.97. The average molecular weight is 374 g/mol. The van der Waals surface area contributed by atoms with Crippen molar-refractivity contribution >= 4 is 45.9 Å². The van der Waals surface area contributed by atoms with Gasteiger partial charge in [0.25, 0.3) is 0 Å². The lowest BCUT2D eigenvalue weighted by Gasteiger charge is -2.01. The van der Waals surface area contributed by atoms with Crippen LogP contribution in [0.4, 0.5) is 5.13 Å². The zero-order valence-electron chi connectivity index (χ0n) is 12.7. The quantitative estimate of drug-likeness (QED) is 0.486. The van der Waals surface area contributed by atoms with E-state index in [9.17, 15) is 4.79 Å². The monoisotopic (exact) mass is 373 g/mol. The minimum Gasteiger partial charge on any atom is -0.300 e. The zero-order chi connectivity index (χ0) is 16.6. The summed E-state index contributed by atoms with van der Waals surface area (Å²) >= 11 is 4.52. The highest BCUT2D eigenvalue weighted by Crippen LogP contribution is 2.28. The van der Waals surface area contributed by atoms with Crippen LogP contribution in [0.25, 0.3) is 0 Å². The molecule has 1 aromatic heterocycles. The lowest BCUT2D eigenvalue weighted by Crippen LogP contribution is -2.13. The Morgan fingerprint density at radius 2 is 1.67 bits per heavy atom. The van der Waals surface area contributed by atoms with E-state index in [0.717, 1.165) is 15.0 Å². The largest absolute Gasteiger partial charge is 0.300 e. The van der Waals surface area contributed by atoms with Crippen LogP contribution >= 0.6 is 34.9 Å². The summed E-state index contributed by atoms with van der Waals surface area (Å²) in [7, 11) is 0. The van der Waals surface area contributed by atoms with Gasteiger partial charge in [0.15, 0.2) is 4.34 Å². The van der Waals surface area contributed by atoms with E-state index in [0.29, 0.717) is 10.9 Å². The molecule has 7 heteroatoms. The average Bonchev–Trinajstić information content (AvgIpc) is 3.07. The van der Waals surface area contributed by atoms with Gasteiger partial charge in [-0.05, 0) is 17.7 Å². The van der Waals surface area contributed by atoms with Crippen LogP contribution in [0.3, 0.4) is 0 Å². The topological polar surface area (TPSA) is 54.9 Å². The van der Waals surface area contributed by atoms with E-state index in [2.05, 4.69) is 27.6 Å². The first kappa shape index (κ1) is 17.0. The van der Waals surface area contributed by atoms with Gasteiger partial charge in [-0.2, -0.15) is 0 Å². The molecular formula is C17H15N3OS3. The Kier molecular flexibility index (Phi) is 6.28. The lowest BCUT2D eigenvalue weighted by atomic mass is 10.2. The molecule has 0 bridgehead atoms. The van der Waals surface area contributed by atoms with Crippen LogP contribution < -0.4 is 5.32 Å². The van der Waals surface area contributed by atoms with Gasteiger partial charge in [-0.3, -0.25) is 10.1 Å². The number of nitrogens with zero attached hydrogens (tertiary/aromatic N) is 2. The van der Waals surface area contributed by atoms with E-state index in [1.807, 2.05) is 48.5 Å². The number of hydrogen-bond donors (Lipinski definition) is 1. The van der Waals surface area contributed by atoms with E-state index in [4.69, 9.17) is 0 Å². The number of aromatic nitrogens is 2. The second kappa shape index (κ2) is 8.86. The molecule has 122 valence electrons. The Morgan fingerprint density at radius 1 is 0.958 bits per heavy atom. The first-order valence-corrected chi connectivity index (χ1v) is 10.1. The summed E-state index contributed by atoms with van der Waals surface area (Å²) in [5.41, 5.74) is 1.24. The highest BCUT2D eigenvalue weighted by Gasteiger charge is 2.09. The molecule has 0 unspecified atom stereocenters. The Bertz CT molecular complexity index is 778. The van der Waals surface area contributed by atoms with E-state index in [1.54, 1.807) is 11.8 Å². The van der Waals surface area contributed by atoms with Crippen molar-refractivity contribution in [1.29, 1.82) is 0 Å². The van der Waals surface area contributed by atoms with Crippen LogP contribution in [0.2, 0.25) is 0 Å². The summed E-state index contributed by atoms with van der Waals surface area (Å²) in [4.78, 5) is 13.0. The third-order valence-corrected chi connectivity index (χ3v) is 6.03. The molecule has 3 rings (SSSR count). The number of carbonyl (C=O) groups excluding carboxylic acids is 1. The minimum atomic E-state index is -0.0698. The Labute approximate surface area is 153 Å². The zero-order valence-corrected chi connectivity index (χ0v) is 15.2. The van der Waals surface area contributed by atoms with Crippen LogP contribution in [0, 0.1) is 0 Å². The number of thioether (sulfide) groups is 2. The van der Waals surface area contributed by atoms with E-state index < -0.39 is 0 Å². The molecule has 0 fully saturated rings. The molecule has 2 aromatic carbocycles. The Balaban J connectivity index is 1.46. The van der Waals surface area contributed by atoms with Crippen molar-refractivity contribution in [3.63, 3.8) is 0 Å². The molecule has 24 heavy (non-hydrogen) atoms. The number of anilines is 1. The van der Waals surface area contributed by atoms with Gasteiger partial charge < -0.3 is 0 Å². The van der Waals surface area contributed by atoms with Gasteiger partial charge in [0.05, 0.1) is 5.75 Å². The molecule has 0 atom stereocenters. The van der Waals surface area contributed by atoms with Crippen LogP contribution in [0.1, 0.15) is 5.56 Å². The van der Waals surface area contributed by atoms with E-state index in [-0.39, 0.29) is 5.91 Å². The van der Waals surface area contributed by atoms with E-state index >= 15 is 0 Å². The lowest BCUT2D eigenvalue weighted by molar-refractivity contribution is -0.113. The molecule has 1 N–H and O–H groups in total. The summed E-state index contributed by atoms with van der Waals surface area (Å²) < 4.78 is 0.852. The van der Waals surface area contributed by atoms with Gasteiger partial charge in [0.2, 0.25) is 11.0 Å². The minimum absolute atomic E-state index is 0.0698. The molecule has 0 radical (unpaired) electrons. The maximum absolute atomic E-state index is 12.0. The first-order valence-electron chi connectivity index (χ1n) is 7.27. The smallest absolute Gasteiger partial charge is 0.236 e. The Morgan fingerprint density at radius 3 is 2.42 bits per heavy atom. The predicted molar refractivity (Wildman–Crippen MR) is 102 cm³/mol. The molecule has 0 aliphatic rings. The molecule has 0 saturated carbocycles. The fraction of sp³-hybridized carbons (Fsp3) is 0.118. The van der Waals surface area contributed by atoms with Crippen LogP contribution in [-0.4, -0.2) is 21.9 Å². The SMILES string of the molecule is O=C(CSc1ccccc1)Nc1nnc(SCc2ccccc2)s1. The van der Waals surface area contributed by atoms with Crippen LogP contribution in [0.15, 0.2) is 69.9 Å². The standard InChI is InChI=1S/C17H15N3OS3/c21-15(12-22-14-9-5-2-6-10-14)18-16-19-20-17(24-16)23-11-13-7-3-1-4-8-13/h1-10H,11-12H2,(H,18,19,21). The van der Waals surface area contributed by atoms with Crippen LogP contribution in [-0.2, 0) is 10.5 Å². The molecular weight excluding hydrogens is 358 g/mol. The third kappa shape index (κ3) is 5.36. The van der Waals surface area contributed by atoms with Crippen molar-refractivity contribution in [2.75, 3.05) is 11.1 Å². The Hall–Kier alpha value is -1.83. The molecule has 0 aliphatic carbocycles. The van der Waals surface area contributed by atoms with Crippen molar-refractivity contribution in [2.24, 2.45) is 0 Å². The molecule has 1 amide bonds. The van der Waals surface area contributed by atoms with Gasteiger partial charge in [-0.1, -0.05) is 71.6 Å². The normalized spacial score (nSPS) is 10.5. The molecule has 3 aromatic rings. The number of nitrogens with one attached hydrogen (secondary N) is 1. The number of carbonyl (C=O) groups is 1. The highest BCUT2D eigenvalue weighted by molar-refractivity contribution is 8.00. The van der Waals surface area contributed by atoms with Crippen LogP contribution in [0.5, 0.6) is 0 Å². The summed E-state index contributed by atoms with van der Waals surface area (Å²) in [6.45, 7) is 0.